The summed E-state index contributed by atoms with van der Waals surface area (Å²) in [5, 5.41) is 14.3. The fourth-order valence-corrected chi connectivity index (χ4v) is 2.29. The Bertz CT molecular complexity index is 316. The Morgan fingerprint density at radius 3 is 2.70 bits per heavy atom. The first kappa shape index (κ1) is 16.8. The predicted molar refractivity (Wildman–Crippen MR) is 75.6 cm³/mol. The second kappa shape index (κ2) is 8.79. The Labute approximate surface area is 120 Å². The number of carbonyl (C=O) groups excluding carboxylic acids is 1. The maximum Gasteiger partial charge on any atom is 0.315 e. The second-order valence-corrected chi connectivity index (χ2v) is 5.57. The minimum atomic E-state index is -0.770. The molecule has 2 amide bonds. The molecule has 1 saturated heterocycles. The van der Waals surface area contributed by atoms with Crippen molar-refractivity contribution in [2.24, 2.45) is 5.92 Å². The van der Waals surface area contributed by atoms with Gasteiger partial charge in [-0.15, -0.1) is 0 Å². The van der Waals surface area contributed by atoms with E-state index in [0.29, 0.717) is 18.9 Å². The van der Waals surface area contributed by atoms with E-state index in [4.69, 9.17) is 9.84 Å². The van der Waals surface area contributed by atoms with Gasteiger partial charge in [-0.25, -0.2) is 4.79 Å². The van der Waals surface area contributed by atoms with Crippen LogP contribution in [0.15, 0.2) is 0 Å². The van der Waals surface area contributed by atoms with E-state index in [1.165, 1.54) is 0 Å². The van der Waals surface area contributed by atoms with Gasteiger partial charge in [0.25, 0.3) is 0 Å². The van der Waals surface area contributed by atoms with E-state index >= 15 is 0 Å². The van der Waals surface area contributed by atoms with Crippen LogP contribution in [0, 0.1) is 5.92 Å². The van der Waals surface area contributed by atoms with Crippen LogP contribution >= 0.6 is 0 Å². The minimum Gasteiger partial charge on any atom is -0.481 e. The Morgan fingerprint density at radius 2 is 2.10 bits per heavy atom. The third kappa shape index (κ3) is 6.75. The fraction of sp³-hybridized carbons (Fsp3) is 0.857. The molecule has 0 spiro atoms. The number of rotatable bonds is 8. The molecule has 1 aliphatic rings. The first-order valence-electron chi connectivity index (χ1n) is 7.36. The summed E-state index contributed by atoms with van der Waals surface area (Å²) >= 11 is 0. The van der Waals surface area contributed by atoms with Gasteiger partial charge in [-0.1, -0.05) is 6.92 Å². The number of carboxylic acids is 1. The van der Waals surface area contributed by atoms with E-state index in [2.05, 4.69) is 10.6 Å². The molecular formula is C14H26N2O4. The lowest BCUT2D eigenvalue weighted by Gasteiger charge is -2.20. The van der Waals surface area contributed by atoms with Gasteiger partial charge in [0.15, 0.2) is 0 Å². The van der Waals surface area contributed by atoms with E-state index in [1.54, 1.807) is 0 Å². The van der Waals surface area contributed by atoms with Crippen molar-refractivity contribution in [1.29, 1.82) is 0 Å². The number of carbonyl (C=O) groups is 2. The van der Waals surface area contributed by atoms with E-state index in [9.17, 15) is 9.59 Å². The number of nitrogens with one attached hydrogen (secondary N) is 2. The molecule has 1 aliphatic heterocycles. The Morgan fingerprint density at radius 1 is 1.35 bits per heavy atom. The zero-order chi connectivity index (χ0) is 15.0. The summed E-state index contributed by atoms with van der Waals surface area (Å²) in [5.74, 6) is -0.477. The first-order valence-corrected chi connectivity index (χ1v) is 7.36. The minimum absolute atomic E-state index is 0.0157. The second-order valence-electron chi connectivity index (χ2n) is 5.57. The van der Waals surface area contributed by atoms with Crippen LogP contribution in [0.25, 0.3) is 0 Å². The van der Waals surface area contributed by atoms with Crippen LogP contribution in [0.1, 0.15) is 46.0 Å². The molecule has 0 aromatic rings. The van der Waals surface area contributed by atoms with Crippen LogP contribution in [0.5, 0.6) is 0 Å². The fourth-order valence-electron chi connectivity index (χ4n) is 2.29. The third-order valence-electron chi connectivity index (χ3n) is 3.66. The summed E-state index contributed by atoms with van der Waals surface area (Å²) in [7, 11) is 0. The zero-order valence-corrected chi connectivity index (χ0v) is 12.4. The highest BCUT2D eigenvalue weighted by Gasteiger charge is 2.23. The van der Waals surface area contributed by atoms with Crippen LogP contribution in [0.3, 0.4) is 0 Å². The van der Waals surface area contributed by atoms with Gasteiger partial charge >= 0.3 is 12.0 Å². The van der Waals surface area contributed by atoms with E-state index in [0.717, 1.165) is 25.9 Å². The summed E-state index contributed by atoms with van der Waals surface area (Å²) in [4.78, 5) is 22.1. The topological polar surface area (TPSA) is 87.7 Å². The average molecular weight is 286 g/mol. The van der Waals surface area contributed by atoms with Crippen molar-refractivity contribution < 1.29 is 19.4 Å². The normalized spacial score (nSPS) is 21.2. The molecule has 0 aromatic carbocycles. The number of urea groups is 1. The molecule has 6 heteroatoms. The SMILES string of the molecule is CC(CCNC(=O)NC(C)C1CCCO1)CCC(=O)O. The summed E-state index contributed by atoms with van der Waals surface area (Å²) in [5.41, 5.74) is 0. The quantitative estimate of drug-likeness (QED) is 0.634. The molecule has 0 saturated carbocycles. The summed E-state index contributed by atoms with van der Waals surface area (Å²) in [6.45, 7) is 5.28. The maximum atomic E-state index is 11.7. The number of ether oxygens (including phenoxy) is 1. The molecule has 3 atom stereocenters. The standard InChI is InChI=1S/C14H26N2O4/c1-10(5-6-13(17)18)7-8-15-14(19)16-11(2)12-4-3-9-20-12/h10-12H,3-9H2,1-2H3,(H,17,18)(H2,15,16,19). The Hall–Kier alpha value is -1.30. The van der Waals surface area contributed by atoms with Crippen molar-refractivity contribution in [3.8, 4) is 0 Å². The summed E-state index contributed by atoms with van der Waals surface area (Å²) in [6.07, 6.45) is 3.78. The molecule has 0 aromatic heterocycles. The largest absolute Gasteiger partial charge is 0.481 e. The average Bonchev–Trinajstić information content (AvgIpc) is 2.90. The lowest BCUT2D eigenvalue weighted by molar-refractivity contribution is -0.137. The van der Waals surface area contributed by atoms with Crippen LogP contribution in [0.2, 0.25) is 0 Å². The molecular weight excluding hydrogens is 260 g/mol. The van der Waals surface area contributed by atoms with Crippen LogP contribution in [0.4, 0.5) is 4.79 Å². The molecule has 0 bridgehead atoms. The lowest BCUT2D eigenvalue weighted by Crippen LogP contribution is -2.46. The van der Waals surface area contributed by atoms with Gasteiger partial charge < -0.3 is 20.5 Å². The zero-order valence-electron chi connectivity index (χ0n) is 12.4. The van der Waals surface area contributed by atoms with Gasteiger partial charge in [-0.3, -0.25) is 4.79 Å². The molecule has 116 valence electrons. The van der Waals surface area contributed by atoms with Crippen LogP contribution in [-0.4, -0.2) is 42.4 Å². The molecule has 0 radical (unpaired) electrons. The number of hydrogen-bond acceptors (Lipinski definition) is 3. The molecule has 20 heavy (non-hydrogen) atoms. The van der Waals surface area contributed by atoms with Gasteiger partial charge in [0.1, 0.15) is 0 Å². The molecule has 1 fully saturated rings. The first-order chi connectivity index (χ1) is 9.49. The smallest absolute Gasteiger partial charge is 0.315 e. The molecule has 1 heterocycles. The van der Waals surface area contributed by atoms with E-state index in [1.807, 2.05) is 13.8 Å². The van der Waals surface area contributed by atoms with Crippen LogP contribution < -0.4 is 10.6 Å². The number of amides is 2. The van der Waals surface area contributed by atoms with Gasteiger partial charge in [0.2, 0.25) is 0 Å². The van der Waals surface area contributed by atoms with Crippen molar-refractivity contribution in [2.75, 3.05) is 13.2 Å². The van der Waals surface area contributed by atoms with Crippen molar-refractivity contribution in [3.05, 3.63) is 0 Å². The Balaban J connectivity index is 2.08. The molecule has 3 N–H and O–H groups in total. The summed E-state index contributed by atoms with van der Waals surface area (Å²) in [6, 6.07) is -0.166. The third-order valence-corrected chi connectivity index (χ3v) is 3.66. The lowest BCUT2D eigenvalue weighted by atomic mass is 10.0. The molecule has 0 aliphatic carbocycles. The number of carboxylic acid groups (broad SMARTS) is 1. The van der Waals surface area contributed by atoms with Crippen molar-refractivity contribution in [1.82, 2.24) is 10.6 Å². The highest BCUT2D eigenvalue weighted by atomic mass is 16.5. The van der Waals surface area contributed by atoms with E-state index < -0.39 is 5.97 Å². The molecule has 3 unspecified atom stereocenters. The monoisotopic (exact) mass is 286 g/mol. The predicted octanol–water partition coefficient (Wildman–Crippen LogP) is 1.74. The molecule has 1 rings (SSSR count). The van der Waals surface area contributed by atoms with Crippen LogP contribution in [-0.2, 0) is 9.53 Å². The number of aliphatic carboxylic acids is 1. The Kier molecular flexibility index (Phi) is 7.36. The van der Waals surface area contributed by atoms with Crippen molar-refractivity contribution in [2.45, 2.75) is 58.1 Å². The van der Waals surface area contributed by atoms with E-state index in [-0.39, 0.29) is 24.6 Å². The maximum absolute atomic E-state index is 11.7. The van der Waals surface area contributed by atoms with Gasteiger partial charge in [-0.2, -0.15) is 0 Å². The summed E-state index contributed by atoms with van der Waals surface area (Å²) < 4.78 is 5.51. The van der Waals surface area contributed by atoms with Crippen molar-refractivity contribution >= 4 is 12.0 Å². The van der Waals surface area contributed by atoms with Crippen molar-refractivity contribution in [3.63, 3.8) is 0 Å². The van der Waals surface area contributed by atoms with Gasteiger partial charge in [0, 0.05) is 19.6 Å². The highest BCUT2D eigenvalue weighted by molar-refractivity contribution is 5.74. The highest BCUT2D eigenvalue weighted by Crippen LogP contribution is 2.15. The molecule has 6 nitrogen and oxygen atoms in total. The van der Waals surface area contributed by atoms with Gasteiger partial charge in [-0.05, 0) is 38.5 Å². The van der Waals surface area contributed by atoms with Gasteiger partial charge in [0.05, 0.1) is 12.1 Å². The number of hydrogen-bond donors (Lipinski definition) is 3.